The fraction of sp³-hybridized carbons (Fsp3) is 0.500. The van der Waals surface area contributed by atoms with E-state index in [0.717, 1.165) is 13.0 Å². The molecule has 1 aliphatic rings. The summed E-state index contributed by atoms with van der Waals surface area (Å²) in [7, 11) is 0. The minimum absolute atomic E-state index is 1.09. The molecule has 0 radical (unpaired) electrons. The molecule has 0 aromatic heterocycles. The van der Waals surface area contributed by atoms with Crippen LogP contribution in [0.4, 0.5) is 0 Å². The summed E-state index contributed by atoms with van der Waals surface area (Å²) in [5.74, 6) is 0. The number of unbranched alkanes of at least 4 members (excludes halogenated alkanes) is 2. The SMILES string of the molecule is C=CCCCCNC1=CCCC=C1. The highest BCUT2D eigenvalue weighted by atomic mass is 14.9. The number of hydrogen-bond donors (Lipinski definition) is 1. The van der Waals surface area contributed by atoms with Crippen LogP contribution in [0.25, 0.3) is 0 Å². The van der Waals surface area contributed by atoms with Crippen molar-refractivity contribution in [3.05, 3.63) is 36.6 Å². The molecule has 0 heterocycles. The van der Waals surface area contributed by atoms with E-state index >= 15 is 0 Å². The lowest BCUT2D eigenvalue weighted by atomic mass is 10.1. The van der Waals surface area contributed by atoms with Crippen LogP contribution in [-0.4, -0.2) is 6.54 Å². The van der Waals surface area contributed by atoms with Crippen LogP contribution in [-0.2, 0) is 0 Å². The number of rotatable bonds is 6. The normalized spacial score (nSPS) is 15.2. The van der Waals surface area contributed by atoms with E-state index in [1.807, 2.05) is 6.08 Å². The summed E-state index contributed by atoms with van der Waals surface area (Å²) in [6.07, 6.45) is 14.7. The van der Waals surface area contributed by atoms with E-state index in [9.17, 15) is 0 Å². The Morgan fingerprint density at radius 3 is 3.00 bits per heavy atom. The fourth-order valence-electron chi connectivity index (χ4n) is 1.39. The maximum Gasteiger partial charge on any atom is 0.0296 e. The van der Waals surface area contributed by atoms with Crippen molar-refractivity contribution >= 4 is 0 Å². The first-order valence-electron chi connectivity index (χ1n) is 5.15. The van der Waals surface area contributed by atoms with E-state index in [1.54, 1.807) is 0 Å². The summed E-state index contributed by atoms with van der Waals surface area (Å²) in [4.78, 5) is 0. The first-order valence-corrected chi connectivity index (χ1v) is 5.15. The Morgan fingerprint density at radius 1 is 1.38 bits per heavy atom. The molecule has 0 saturated heterocycles. The molecule has 0 aliphatic heterocycles. The number of hydrogen-bond acceptors (Lipinski definition) is 1. The average molecular weight is 177 g/mol. The van der Waals surface area contributed by atoms with Gasteiger partial charge in [0, 0.05) is 12.2 Å². The van der Waals surface area contributed by atoms with E-state index < -0.39 is 0 Å². The van der Waals surface area contributed by atoms with E-state index in [4.69, 9.17) is 0 Å². The van der Waals surface area contributed by atoms with Gasteiger partial charge in [0.2, 0.25) is 0 Å². The Balaban J connectivity index is 2.02. The summed E-state index contributed by atoms with van der Waals surface area (Å²) in [6.45, 7) is 4.79. The summed E-state index contributed by atoms with van der Waals surface area (Å²) < 4.78 is 0. The van der Waals surface area contributed by atoms with Crippen molar-refractivity contribution in [2.75, 3.05) is 6.54 Å². The van der Waals surface area contributed by atoms with Gasteiger partial charge in [-0.3, -0.25) is 0 Å². The molecule has 1 nitrogen and oxygen atoms in total. The highest BCUT2D eigenvalue weighted by Crippen LogP contribution is 2.06. The van der Waals surface area contributed by atoms with Gasteiger partial charge in [0.25, 0.3) is 0 Å². The largest absolute Gasteiger partial charge is 0.385 e. The molecule has 0 saturated carbocycles. The second-order valence-corrected chi connectivity index (χ2v) is 3.35. The molecule has 1 aliphatic carbocycles. The highest BCUT2D eigenvalue weighted by Gasteiger charge is 1.94. The molecule has 0 fully saturated rings. The maximum absolute atomic E-state index is 3.71. The van der Waals surface area contributed by atoms with Gasteiger partial charge in [0.1, 0.15) is 0 Å². The molecule has 1 heteroatoms. The van der Waals surface area contributed by atoms with Crippen LogP contribution in [0.1, 0.15) is 32.1 Å². The first kappa shape index (κ1) is 10.1. The molecule has 0 bridgehead atoms. The molecular formula is C12H19N. The lowest BCUT2D eigenvalue weighted by Gasteiger charge is -2.09. The van der Waals surface area contributed by atoms with Crippen molar-refractivity contribution in [3.8, 4) is 0 Å². The van der Waals surface area contributed by atoms with Gasteiger partial charge in [-0.25, -0.2) is 0 Å². The van der Waals surface area contributed by atoms with E-state index in [0.29, 0.717) is 0 Å². The lowest BCUT2D eigenvalue weighted by Crippen LogP contribution is -2.14. The molecule has 1 rings (SSSR count). The van der Waals surface area contributed by atoms with Crippen LogP contribution >= 0.6 is 0 Å². The Hall–Kier alpha value is -0.980. The van der Waals surface area contributed by atoms with Crippen LogP contribution < -0.4 is 5.32 Å². The van der Waals surface area contributed by atoms with Crippen molar-refractivity contribution < 1.29 is 0 Å². The molecule has 1 N–H and O–H groups in total. The van der Waals surface area contributed by atoms with Crippen molar-refractivity contribution in [2.45, 2.75) is 32.1 Å². The van der Waals surface area contributed by atoms with Crippen LogP contribution in [0.5, 0.6) is 0 Å². The van der Waals surface area contributed by atoms with Crippen molar-refractivity contribution in [2.24, 2.45) is 0 Å². The van der Waals surface area contributed by atoms with Gasteiger partial charge in [-0.05, 0) is 38.2 Å². The fourth-order valence-corrected chi connectivity index (χ4v) is 1.39. The Bertz CT molecular complexity index is 201. The maximum atomic E-state index is 3.71. The molecule has 0 aromatic carbocycles. The quantitative estimate of drug-likeness (QED) is 0.485. The third-order valence-electron chi connectivity index (χ3n) is 2.16. The Labute approximate surface area is 81.2 Å². The molecular weight excluding hydrogens is 158 g/mol. The first-order chi connectivity index (χ1) is 6.43. The van der Waals surface area contributed by atoms with Crippen molar-refractivity contribution in [1.29, 1.82) is 0 Å². The van der Waals surface area contributed by atoms with Crippen LogP contribution in [0.15, 0.2) is 36.6 Å². The predicted molar refractivity (Wildman–Crippen MR) is 58.5 cm³/mol. The zero-order valence-corrected chi connectivity index (χ0v) is 8.26. The zero-order valence-electron chi connectivity index (χ0n) is 8.26. The summed E-state index contributed by atoms with van der Waals surface area (Å²) in [6, 6.07) is 0. The Kier molecular flexibility index (Phi) is 5.07. The molecule has 0 atom stereocenters. The van der Waals surface area contributed by atoms with Crippen molar-refractivity contribution in [1.82, 2.24) is 5.32 Å². The molecule has 0 amide bonds. The van der Waals surface area contributed by atoms with Crippen LogP contribution in [0.3, 0.4) is 0 Å². The topological polar surface area (TPSA) is 12.0 Å². The van der Waals surface area contributed by atoms with E-state index in [2.05, 4.69) is 30.1 Å². The van der Waals surface area contributed by atoms with E-state index in [-0.39, 0.29) is 0 Å². The van der Waals surface area contributed by atoms with Gasteiger partial charge >= 0.3 is 0 Å². The monoisotopic (exact) mass is 177 g/mol. The van der Waals surface area contributed by atoms with Gasteiger partial charge in [-0.1, -0.05) is 18.2 Å². The van der Waals surface area contributed by atoms with Crippen LogP contribution in [0, 0.1) is 0 Å². The molecule has 72 valence electrons. The number of allylic oxidation sites excluding steroid dienone is 4. The molecule has 13 heavy (non-hydrogen) atoms. The van der Waals surface area contributed by atoms with Crippen molar-refractivity contribution in [3.63, 3.8) is 0 Å². The standard InChI is InChI=1S/C12H19N/c1-2-3-4-8-11-13-12-9-6-5-7-10-12/h2,6,9-10,13H,1,3-5,7-8,11H2. The molecule has 0 spiro atoms. The average Bonchev–Trinajstić information content (AvgIpc) is 2.19. The minimum atomic E-state index is 1.09. The number of nitrogens with one attached hydrogen (secondary N) is 1. The third-order valence-corrected chi connectivity index (χ3v) is 2.16. The summed E-state index contributed by atoms with van der Waals surface area (Å²) in [5.41, 5.74) is 1.30. The van der Waals surface area contributed by atoms with Crippen LogP contribution in [0.2, 0.25) is 0 Å². The van der Waals surface area contributed by atoms with Gasteiger partial charge in [0.15, 0.2) is 0 Å². The summed E-state index contributed by atoms with van der Waals surface area (Å²) >= 11 is 0. The van der Waals surface area contributed by atoms with E-state index in [1.165, 1.54) is 31.4 Å². The minimum Gasteiger partial charge on any atom is -0.385 e. The Morgan fingerprint density at radius 2 is 2.31 bits per heavy atom. The second-order valence-electron chi connectivity index (χ2n) is 3.35. The predicted octanol–water partition coefficient (Wildman–Crippen LogP) is 3.17. The zero-order chi connectivity index (χ0) is 9.36. The van der Waals surface area contributed by atoms with Gasteiger partial charge in [-0.15, -0.1) is 6.58 Å². The molecule has 0 unspecified atom stereocenters. The van der Waals surface area contributed by atoms with Gasteiger partial charge in [0.05, 0.1) is 0 Å². The van der Waals surface area contributed by atoms with Gasteiger partial charge in [-0.2, -0.15) is 0 Å². The third kappa shape index (κ3) is 4.56. The smallest absolute Gasteiger partial charge is 0.0296 e. The van der Waals surface area contributed by atoms with Gasteiger partial charge < -0.3 is 5.32 Å². The second kappa shape index (κ2) is 6.53. The lowest BCUT2D eigenvalue weighted by molar-refractivity contribution is 0.688. The molecule has 0 aromatic rings. The highest BCUT2D eigenvalue weighted by molar-refractivity contribution is 5.20. The summed E-state index contributed by atoms with van der Waals surface area (Å²) in [5, 5.41) is 3.42.